The van der Waals surface area contributed by atoms with E-state index in [1.165, 1.54) is 4.90 Å². The summed E-state index contributed by atoms with van der Waals surface area (Å²) in [5, 5.41) is 0. The molecule has 0 spiro atoms. The average Bonchev–Trinajstić information content (AvgIpc) is 3.38. The molecule has 1 unspecified atom stereocenters. The van der Waals surface area contributed by atoms with Gasteiger partial charge in [0.25, 0.3) is 11.8 Å². The van der Waals surface area contributed by atoms with E-state index in [4.69, 9.17) is 4.42 Å². The van der Waals surface area contributed by atoms with Crippen LogP contribution in [0.3, 0.4) is 0 Å². The zero-order valence-corrected chi connectivity index (χ0v) is 22.0. The van der Waals surface area contributed by atoms with Crippen molar-refractivity contribution in [3.05, 3.63) is 83.9 Å². The van der Waals surface area contributed by atoms with E-state index < -0.39 is 6.04 Å². The van der Waals surface area contributed by atoms with Crippen LogP contribution in [0.1, 0.15) is 60.9 Å². The highest BCUT2D eigenvalue weighted by Crippen LogP contribution is 2.33. The van der Waals surface area contributed by atoms with Crippen molar-refractivity contribution < 1.29 is 18.8 Å². The number of aromatic nitrogens is 1. The third-order valence-electron chi connectivity index (χ3n) is 7.88. The first kappa shape index (κ1) is 25.0. The third kappa shape index (κ3) is 4.85. The van der Waals surface area contributed by atoms with Crippen molar-refractivity contribution in [1.29, 1.82) is 0 Å². The van der Waals surface area contributed by atoms with Crippen molar-refractivity contribution in [3.8, 4) is 11.5 Å². The molecular weight excluding hydrogens is 490 g/mol. The second-order valence-corrected chi connectivity index (χ2v) is 10.5. The number of amides is 3. The van der Waals surface area contributed by atoms with E-state index in [9.17, 15) is 14.4 Å². The molecule has 1 saturated heterocycles. The van der Waals surface area contributed by atoms with Gasteiger partial charge in [-0.25, -0.2) is 9.88 Å². The number of hydrogen-bond acceptors (Lipinski definition) is 5. The topological polar surface area (TPSA) is 83.7 Å². The molecule has 7 nitrogen and oxygen atoms in total. The Balaban J connectivity index is 1.28. The van der Waals surface area contributed by atoms with Crippen LogP contribution in [0.5, 0.6) is 0 Å². The quantitative estimate of drug-likeness (QED) is 0.227. The Morgan fingerprint density at radius 1 is 0.897 bits per heavy atom. The Bertz CT molecular complexity index is 1480. The zero-order valence-electron chi connectivity index (χ0n) is 22.0. The first-order valence-corrected chi connectivity index (χ1v) is 13.7. The highest BCUT2D eigenvalue weighted by atomic mass is 16.3. The van der Waals surface area contributed by atoms with Crippen molar-refractivity contribution in [2.75, 3.05) is 4.90 Å². The van der Waals surface area contributed by atoms with E-state index in [0.717, 1.165) is 55.2 Å². The van der Waals surface area contributed by atoms with Crippen LogP contribution in [0.25, 0.3) is 22.6 Å². The number of carbonyl (C=O) groups excluding carboxylic acids is 3. The number of rotatable bonds is 5. The smallest absolute Gasteiger partial charge is 0.257 e. The number of oxazole rings is 1. The van der Waals surface area contributed by atoms with Gasteiger partial charge in [0.1, 0.15) is 11.6 Å². The Hall–Kier alpha value is -4.26. The lowest BCUT2D eigenvalue weighted by molar-refractivity contribution is -0.123. The Kier molecular flexibility index (Phi) is 6.73. The van der Waals surface area contributed by atoms with Crippen LogP contribution in [-0.4, -0.2) is 39.7 Å². The summed E-state index contributed by atoms with van der Waals surface area (Å²) in [6.07, 6.45) is 5.94. The van der Waals surface area contributed by atoms with Crippen LogP contribution in [0, 0.1) is 6.92 Å². The van der Waals surface area contributed by atoms with Crippen molar-refractivity contribution in [3.63, 3.8) is 0 Å². The molecule has 3 amide bonds. The molecule has 3 aromatic carbocycles. The summed E-state index contributed by atoms with van der Waals surface area (Å²) in [6, 6.07) is 21.2. The van der Waals surface area contributed by atoms with Crippen molar-refractivity contribution in [2.45, 2.75) is 64.0 Å². The molecule has 1 aromatic heterocycles. The molecular formula is C32H31N3O4. The Morgan fingerprint density at radius 2 is 1.59 bits per heavy atom. The molecule has 6 rings (SSSR count). The summed E-state index contributed by atoms with van der Waals surface area (Å²) in [5.74, 6) is -0.349. The minimum absolute atomic E-state index is 0.0141. The van der Waals surface area contributed by atoms with Gasteiger partial charge in [-0.1, -0.05) is 55.5 Å². The van der Waals surface area contributed by atoms with Gasteiger partial charge in [0.2, 0.25) is 11.8 Å². The summed E-state index contributed by atoms with van der Waals surface area (Å²) >= 11 is 0. The second-order valence-electron chi connectivity index (χ2n) is 10.5. The van der Waals surface area contributed by atoms with E-state index in [1.807, 2.05) is 55.5 Å². The standard InChI is InChI=1S/C32H31N3O4/c1-21-12-14-23(15-13-21)31(37)34(24-8-4-2-3-5-9-24)27-20-29(36)35(32(27)38)25-18-16-22(17-19-25)30-33-26-10-6-7-11-28(26)39-30/h6-7,10-19,24,27H,2-5,8-9,20H2,1H3. The molecule has 0 N–H and O–H groups in total. The fraction of sp³-hybridized carbons (Fsp3) is 0.312. The number of nitrogens with zero attached hydrogens (tertiary/aromatic N) is 3. The Labute approximate surface area is 227 Å². The number of carbonyl (C=O) groups is 3. The predicted molar refractivity (Wildman–Crippen MR) is 149 cm³/mol. The number of anilines is 1. The van der Waals surface area contributed by atoms with E-state index >= 15 is 0 Å². The fourth-order valence-electron chi connectivity index (χ4n) is 5.80. The maximum atomic E-state index is 13.9. The number of imide groups is 1. The Morgan fingerprint density at radius 3 is 2.28 bits per heavy atom. The van der Waals surface area contributed by atoms with Crippen molar-refractivity contribution in [1.82, 2.24) is 9.88 Å². The molecule has 1 aliphatic carbocycles. The predicted octanol–water partition coefficient (Wildman–Crippen LogP) is 6.30. The third-order valence-corrected chi connectivity index (χ3v) is 7.88. The van der Waals surface area contributed by atoms with E-state index in [1.54, 1.807) is 29.2 Å². The van der Waals surface area contributed by atoms with Crippen molar-refractivity contribution in [2.24, 2.45) is 0 Å². The minimum Gasteiger partial charge on any atom is -0.436 e. The molecule has 2 fully saturated rings. The maximum absolute atomic E-state index is 13.9. The molecule has 2 heterocycles. The SMILES string of the molecule is Cc1ccc(C(=O)N(C2CCCCCC2)C2CC(=O)N(c3ccc(-c4nc5ccccc5o4)cc3)C2=O)cc1. The largest absolute Gasteiger partial charge is 0.436 e. The fourth-order valence-corrected chi connectivity index (χ4v) is 5.80. The molecule has 2 aliphatic rings. The van der Waals surface area contributed by atoms with Gasteiger partial charge in [0.05, 0.1) is 12.1 Å². The van der Waals surface area contributed by atoms with Crippen molar-refractivity contribution >= 4 is 34.5 Å². The lowest BCUT2D eigenvalue weighted by atomic mass is 10.0. The molecule has 1 atom stereocenters. The molecule has 198 valence electrons. The number of para-hydroxylation sites is 2. The van der Waals surface area contributed by atoms with Crippen LogP contribution >= 0.6 is 0 Å². The van der Waals surface area contributed by atoms with Crippen LogP contribution < -0.4 is 4.90 Å². The molecule has 39 heavy (non-hydrogen) atoms. The van der Waals surface area contributed by atoms with Crippen LogP contribution in [0.4, 0.5) is 5.69 Å². The molecule has 1 saturated carbocycles. The van der Waals surface area contributed by atoms with Gasteiger partial charge in [0.15, 0.2) is 5.58 Å². The summed E-state index contributed by atoms with van der Waals surface area (Å²) in [5.41, 5.74) is 4.30. The summed E-state index contributed by atoms with van der Waals surface area (Å²) in [7, 11) is 0. The van der Waals surface area contributed by atoms with Crippen LogP contribution in [0.15, 0.2) is 77.2 Å². The molecule has 7 heteroatoms. The van der Waals surface area contributed by atoms with Gasteiger partial charge in [-0.2, -0.15) is 0 Å². The molecule has 4 aromatic rings. The molecule has 0 radical (unpaired) electrons. The van der Waals surface area contributed by atoms with Crippen LogP contribution in [0.2, 0.25) is 0 Å². The van der Waals surface area contributed by atoms with Gasteiger partial charge in [-0.3, -0.25) is 14.4 Å². The highest BCUT2D eigenvalue weighted by molar-refractivity contribution is 6.23. The lowest BCUT2D eigenvalue weighted by Gasteiger charge is -2.35. The number of hydrogen-bond donors (Lipinski definition) is 0. The van der Waals surface area contributed by atoms with Gasteiger partial charge < -0.3 is 9.32 Å². The van der Waals surface area contributed by atoms with Gasteiger partial charge in [-0.15, -0.1) is 0 Å². The van der Waals surface area contributed by atoms with Gasteiger partial charge in [-0.05, 0) is 68.3 Å². The number of benzene rings is 3. The number of aryl methyl sites for hydroxylation is 1. The average molecular weight is 522 g/mol. The maximum Gasteiger partial charge on any atom is 0.257 e. The normalized spacial score (nSPS) is 18.5. The first-order chi connectivity index (χ1) is 19.0. The van der Waals surface area contributed by atoms with Gasteiger partial charge in [0, 0.05) is 17.2 Å². The minimum atomic E-state index is -0.814. The van der Waals surface area contributed by atoms with Crippen LogP contribution in [-0.2, 0) is 9.59 Å². The molecule has 0 bridgehead atoms. The molecule has 1 aliphatic heterocycles. The summed E-state index contributed by atoms with van der Waals surface area (Å²) < 4.78 is 5.86. The lowest BCUT2D eigenvalue weighted by Crippen LogP contribution is -2.50. The second kappa shape index (κ2) is 10.5. The van der Waals surface area contributed by atoms with Gasteiger partial charge >= 0.3 is 0 Å². The summed E-state index contributed by atoms with van der Waals surface area (Å²) in [4.78, 5) is 48.4. The number of fused-ring (bicyclic) bond motifs is 1. The van der Waals surface area contributed by atoms with E-state index in [0.29, 0.717) is 22.7 Å². The van der Waals surface area contributed by atoms with E-state index in [2.05, 4.69) is 4.98 Å². The van der Waals surface area contributed by atoms with E-state index in [-0.39, 0.29) is 30.2 Å². The first-order valence-electron chi connectivity index (χ1n) is 13.7. The highest BCUT2D eigenvalue weighted by Gasteiger charge is 2.46. The zero-order chi connectivity index (χ0) is 26.9. The summed E-state index contributed by atoms with van der Waals surface area (Å²) in [6.45, 7) is 1.98. The monoisotopic (exact) mass is 521 g/mol.